The van der Waals surface area contributed by atoms with Gasteiger partial charge in [-0.2, -0.15) is 0 Å². The summed E-state index contributed by atoms with van der Waals surface area (Å²) in [6.07, 6.45) is 8.21. The van der Waals surface area contributed by atoms with Gasteiger partial charge < -0.3 is 4.74 Å². The van der Waals surface area contributed by atoms with Crippen LogP contribution in [0.4, 0.5) is 8.78 Å². The number of hydrogen-bond donors (Lipinski definition) is 0. The average molecular weight is 366 g/mol. The van der Waals surface area contributed by atoms with Gasteiger partial charge in [-0.05, 0) is 80.5 Å². The zero-order chi connectivity index (χ0) is 18.5. The molecule has 0 aromatic carbocycles. The normalized spacial score (nSPS) is 56.6. The van der Waals surface area contributed by atoms with Crippen LogP contribution in [0.2, 0.25) is 0 Å². The van der Waals surface area contributed by atoms with E-state index in [9.17, 15) is 13.6 Å². The standard InChI is InChI=1S/C22H32F2O2/c1-12(25)26-19-7-6-15-14-5-4-13-10-17-18(22(17,23)24)11-21(13,3)16(14)8-9-20(15,19)2/h13-19H,4-11H2,1-3H3/t13-,14-,15-,16-,17-,18+,19-,20-,21-/m0/s1. The molecule has 0 aromatic rings. The minimum Gasteiger partial charge on any atom is -0.462 e. The van der Waals surface area contributed by atoms with E-state index in [0.717, 1.165) is 44.9 Å². The summed E-state index contributed by atoms with van der Waals surface area (Å²) in [5.74, 6) is -0.878. The second kappa shape index (κ2) is 5.23. The van der Waals surface area contributed by atoms with Crippen molar-refractivity contribution in [3.63, 3.8) is 0 Å². The number of carbonyl (C=O) groups is 1. The summed E-state index contributed by atoms with van der Waals surface area (Å²) >= 11 is 0. The van der Waals surface area contributed by atoms with Gasteiger partial charge in [0.2, 0.25) is 0 Å². The highest BCUT2D eigenvalue weighted by atomic mass is 19.3. The van der Waals surface area contributed by atoms with Gasteiger partial charge in [0.15, 0.2) is 0 Å². The van der Waals surface area contributed by atoms with Crippen LogP contribution in [0.3, 0.4) is 0 Å². The maximum atomic E-state index is 14.1. The quantitative estimate of drug-likeness (QED) is 0.577. The summed E-state index contributed by atoms with van der Waals surface area (Å²) < 4.78 is 34.0. The van der Waals surface area contributed by atoms with E-state index < -0.39 is 5.92 Å². The van der Waals surface area contributed by atoms with Gasteiger partial charge in [-0.3, -0.25) is 4.79 Å². The Morgan fingerprint density at radius 3 is 2.38 bits per heavy atom. The fraction of sp³-hybridized carbons (Fsp3) is 0.955. The highest BCUT2D eigenvalue weighted by Crippen LogP contribution is 2.73. The molecular weight excluding hydrogens is 334 g/mol. The summed E-state index contributed by atoms with van der Waals surface area (Å²) in [7, 11) is 0. The highest BCUT2D eigenvalue weighted by molar-refractivity contribution is 5.66. The largest absolute Gasteiger partial charge is 0.462 e. The summed E-state index contributed by atoms with van der Waals surface area (Å²) in [6, 6.07) is 0. The Bertz CT molecular complexity index is 634. The molecule has 26 heavy (non-hydrogen) atoms. The Labute approximate surface area is 155 Å². The summed E-state index contributed by atoms with van der Waals surface area (Å²) in [5.41, 5.74) is 0.196. The van der Waals surface area contributed by atoms with Crippen molar-refractivity contribution in [2.45, 2.75) is 84.2 Å². The lowest BCUT2D eigenvalue weighted by Gasteiger charge is -2.60. The van der Waals surface area contributed by atoms with E-state index in [1.54, 1.807) is 0 Å². The molecule has 0 amide bonds. The monoisotopic (exact) mass is 366 g/mol. The Balaban J connectivity index is 1.41. The first-order valence-corrected chi connectivity index (χ1v) is 10.7. The second-order valence-electron chi connectivity index (χ2n) is 10.7. The molecule has 9 atom stereocenters. The molecule has 0 spiro atoms. The third-order valence-corrected chi connectivity index (χ3v) is 9.85. The molecule has 0 N–H and O–H groups in total. The first kappa shape index (κ1) is 17.4. The molecule has 0 heterocycles. The Morgan fingerprint density at radius 2 is 1.65 bits per heavy atom. The number of ether oxygens (including phenoxy) is 1. The molecule has 0 aliphatic heterocycles. The molecule has 5 aliphatic rings. The molecular formula is C22H32F2O2. The molecule has 5 saturated carbocycles. The van der Waals surface area contributed by atoms with Crippen molar-refractivity contribution >= 4 is 5.97 Å². The number of esters is 1. The van der Waals surface area contributed by atoms with E-state index in [4.69, 9.17) is 4.74 Å². The summed E-state index contributed by atoms with van der Waals surface area (Å²) in [4.78, 5) is 11.5. The van der Waals surface area contributed by atoms with E-state index in [2.05, 4.69) is 13.8 Å². The summed E-state index contributed by atoms with van der Waals surface area (Å²) in [6.45, 7) is 6.19. The Hall–Kier alpha value is -0.670. The average Bonchev–Trinajstić information content (AvgIpc) is 2.91. The number of rotatable bonds is 1. The van der Waals surface area contributed by atoms with Gasteiger partial charge in [-0.15, -0.1) is 0 Å². The lowest BCUT2D eigenvalue weighted by Crippen LogP contribution is -2.53. The van der Waals surface area contributed by atoms with Crippen molar-refractivity contribution in [2.24, 2.45) is 46.3 Å². The molecule has 5 aliphatic carbocycles. The van der Waals surface area contributed by atoms with Gasteiger partial charge in [-0.1, -0.05) is 13.8 Å². The van der Waals surface area contributed by atoms with Gasteiger partial charge >= 0.3 is 5.97 Å². The van der Waals surface area contributed by atoms with Crippen LogP contribution in [0.1, 0.15) is 72.1 Å². The molecule has 0 radical (unpaired) electrons. The maximum Gasteiger partial charge on any atom is 0.302 e. The third kappa shape index (κ3) is 2.11. The fourth-order valence-corrected chi connectivity index (χ4v) is 8.43. The smallest absolute Gasteiger partial charge is 0.302 e. The first-order valence-electron chi connectivity index (χ1n) is 10.7. The number of carbonyl (C=O) groups excluding carboxylic acids is 1. The minimum absolute atomic E-state index is 0.0555. The molecule has 5 rings (SSSR count). The van der Waals surface area contributed by atoms with E-state index in [0.29, 0.717) is 23.7 Å². The number of halogens is 2. The highest BCUT2D eigenvalue weighted by Gasteiger charge is 2.74. The van der Waals surface area contributed by atoms with Crippen molar-refractivity contribution in [3.05, 3.63) is 0 Å². The van der Waals surface area contributed by atoms with Crippen LogP contribution < -0.4 is 0 Å². The van der Waals surface area contributed by atoms with Crippen LogP contribution in [-0.2, 0) is 9.53 Å². The van der Waals surface area contributed by atoms with Crippen molar-refractivity contribution < 1.29 is 18.3 Å². The number of hydrogen-bond acceptors (Lipinski definition) is 2. The predicted octanol–water partition coefficient (Wildman–Crippen LogP) is 5.45. The molecule has 146 valence electrons. The van der Waals surface area contributed by atoms with Gasteiger partial charge in [0, 0.05) is 24.2 Å². The second-order valence-corrected chi connectivity index (χ2v) is 10.7. The number of alkyl halides is 2. The first-order chi connectivity index (χ1) is 12.2. The van der Waals surface area contributed by atoms with Crippen LogP contribution in [-0.4, -0.2) is 18.0 Å². The lowest BCUT2D eigenvalue weighted by atomic mass is 9.45. The van der Waals surface area contributed by atoms with Gasteiger partial charge in [-0.25, -0.2) is 8.78 Å². The van der Waals surface area contributed by atoms with Crippen molar-refractivity contribution in [2.75, 3.05) is 0 Å². The van der Waals surface area contributed by atoms with E-state index in [-0.39, 0.29) is 34.7 Å². The van der Waals surface area contributed by atoms with E-state index in [1.807, 2.05) is 0 Å². The molecule has 0 saturated heterocycles. The molecule has 5 fully saturated rings. The van der Waals surface area contributed by atoms with Crippen LogP contribution in [0.15, 0.2) is 0 Å². The van der Waals surface area contributed by atoms with E-state index >= 15 is 0 Å². The Morgan fingerprint density at radius 1 is 0.923 bits per heavy atom. The minimum atomic E-state index is -2.38. The predicted molar refractivity (Wildman–Crippen MR) is 94.6 cm³/mol. The van der Waals surface area contributed by atoms with Crippen LogP contribution >= 0.6 is 0 Å². The molecule has 0 aromatic heterocycles. The molecule has 0 unspecified atom stereocenters. The molecule has 0 bridgehead atoms. The molecule has 2 nitrogen and oxygen atoms in total. The van der Waals surface area contributed by atoms with E-state index in [1.165, 1.54) is 13.3 Å². The lowest BCUT2D eigenvalue weighted by molar-refractivity contribution is -0.161. The topological polar surface area (TPSA) is 26.3 Å². The summed E-state index contributed by atoms with van der Waals surface area (Å²) in [5, 5.41) is 0. The van der Waals surface area contributed by atoms with Gasteiger partial charge in [0.25, 0.3) is 5.92 Å². The van der Waals surface area contributed by atoms with Crippen LogP contribution in [0.25, 0.3) is 0 Å². The van der Waals surface area contributed by atoms with Gasteiger partial charge in [0.1, 0.15) is 6.10 Å². The maximum absolute atomic E-state index is 14.1. The van der Waals surface area contributed by atoms with Crippen molar-refractivity contribution in [1.82, 2.24) is 0 Å². The fourth-order valence-electron chi connectivity index (χ4n) is 8.43. The van der Waals surface area contributed by atoms with Crippen LogP contribution in [0, 0.1) is 46.3 Å². The SMILES string of the molecule is CC(=O)O[C@H]1CC[C@H]2[C@@H]3CC[C@H]4C[C@H]5[C@@H](C[C@]4(C)[C@H]3CC[C@]12C)C5(F)F. The van der Waals surface area contributed by atoms with Crippen LogP contribution in [0.5, 0.6) is 0 Å². The van der Waals surface area contributed by atoms with Gasteiger partial charge in [0.05, 0.1) is 0 Å². The number of fused-ring (bicyclic) bond motifs is 6. The Kier molecular flexibility index (Phi) is 3.50. The zero-order valence-electron chi connectivity index (χ0n) is 16.3. The van der Waals surface area contributed by atoms with Crippen molar-refractivity contribution in [3.8, 4) is 0 Å². The zero-order valence-corrected chi connectivity index (χ0v) is 16.3. The third-order valence-electron chi connectivity index (χ3n) is 9.85. The van der Waals surface area contributed by atoms with Crippen molar-refractivity contribution in [1.29, 1.82) is 0 Å². The molecule has 4 heteroatoms.